The lowest BCUT2D eigenvalue weighted by atomic mass is 9.91. The first-order valence-electron chi connectivity index (χ1n) is 6.62. The Morgan fingerprint density at radius 2 is 1.88 bits per heavy atom. The number of amides is 1. The van der Waals surface area contributed by atoms with E-state index in [1.54, 1.807) is 0 Å². The Bertz CT molecular complexity index is 248. The Labute approximate surface area is 105 Å². The third-order valence-corrected chi connectivity index (χ3v) is 3.07. The van der Waals surface area contributed by atoms with Gasteiger partial charge in [-0.15, -0.1) is 0 Å². The van der Waals surface area contributed by atoms with Gasteiger partial charge in [0, 0.05) is 39.1 Å². The van der Waals surface area contributed by atoms with E-state index in [0.29, 0.717) is 18.9 Å². The molecule has 0 aromatic heterocycles. The summed E-state index contributed by atoms with van der Waals surface area (Å²) in [6.45, 7) is 11.8. The maximum Gasteiger partial charge on any atom is 0.223 e. The van der Waals surface area contributed by atoms with Crippen molar-refractivity contribution >= 4 is 5.91 Å². The predicted molar refractivity (Wildman–Crippen MR) is 70.8 cm³/mol. The molecule has 2 N–H and O–H groups in total. The molecule has 4 nitrogen and oxygen atoms in total. The van der Waals surface area contributed by atoms with Crippen molar-refractivity contribution in [3.63, 3.8) is 0 Å². The topological polar surface area (TPSA) is 49.6 Å². The summed E-state index contributed by atoms with van der Waals surface area (Å²) in [5.74, 6) is 0.298. The minimum absolute atomic E-state index is 0.0837. The van der Waals surface area contributed by atoms with E-state index < -0.39 is 0 Å². The maximum absolute atomic E-state index is 12.1. The molecule has 0 aromatic carbocycles. The summed E-state index contributed by atoms with van der Waals surface area (Å²) < 4.78 is 0. The van der Waals surface area contributed by atoms with Crippen LogP contribution >= 0.6 is 0 Å². The lowest BCUT2D eigenvalue weighted by molar-refractivity contribution is -0.132. The van der Waals surface area contributed by atoms with Crippen molar-refractivity contribution in [1.29, 1.82) is 0 Å². The van der Waals surface area contributed by atoms with Crippen molar-refractivity contribution in [2.24, 2.45) is 11.1 Å². The number of carbonyl (C=O) groups excluding carboxylic acids is 1. The van der Waals surface area contributed by atoms with Crippen LogP contribution in [-0.4, -0.2) is 55.0 Å². The van der Waals surface area contributed by atoms with Gasteiger partial charge in [0.05, 0.1) is 0 Å². The van der Waals surface area contributed by atoms with Crippen LogP contribution in [0.4, 0.5) is 0 Å². The Morgan fingerprint density at radius 3 is 2.47 bits per heavy atom. The summed E-state index contributed by atoms with van der Waals surface area (Å²) in [6.07, 6.45) is 1.71. The van der Waals surface area contributed by atoms with Gasteiger partial charge >= 0.3 is 0 Å². The second-order valence-electron chi connectivity index (χ2n) is 6.10. The van der Waals surface area contributed by atoms with Crippen molar-refractivity contribution in [2.75, 3.05) is 39.3 Å². The van der Waals surface area contributed by atoms with E-state index in [1.165, 1.54) is 0 Å². The quantitative estimate of drug-likeness (QED) is 0.799. The molecule has 17 heavy (non-hydrogen) atoms. The highest BCUT2D eigenvalue weighted by molar-refractivity contribution is 5.76. The number of nitrogens with zero attached hydrogens (tertiary/aromatic N) is 2. The molecule has 0 atom stereocenters. The highest BCUT2D eigenvalue weighted by Crippen LogP contribution is 2.20. The van der Waals surface area contributed by atoms with Crippen LogP contribution in [0, 0.1) is 5.41 Å². The molecule has 4 heteroatoms. The Kier molecular flexibility index (Phi) is 5.40. The van der Waals surface area contributed by atoms with E-state index in [4.69, 9.17) is 5.73 Å². The van der Waals surface area contributed by atoms with Gasteiger partial charge in [-0.2, -0.15) is 0 Å². The first-order valence-corrected chi connectivity index (χ1v) is 6.62. The predicted octanol–water partition coefficient (Wildman–Crippen LogP) is 0.916. The summed E-state index contributed by atoms with van der Waals surface area (Å²) in [7, 11) is 0. The molecular formula is C13H27N3O. The lowest BCUT2D eigenvalue weighted by Crippen LogP contribution is -2.37. The van der Waals surface area contributed by atoms with Gasteiger partial charge in [0.15, 0.2) is 0 Å². The zero-order valence-corrected chi connectivity index (χ0v) is 11.5. The van der Waals surface area contributed by atoms with Crippen LogP contribution in [0.25, 0.3) is 0 Å². The molecule has 1 aliphatic heterocycles. The Balaban J connectivity index is 2.43. The van der Waals surface area contributed by atoms with E-state index in [-0.39, 0.29) is 5.41 Å². The molecule has 100 valence electrons. The fraction of sp³-hybridized carbons (Fsp3) is 0.923. The molecule has 0 radical (unpaired) electrons. The van der Waals surface area contributed by atoms with Crippen LogP contribution in [0.3, 0.4) is 0 Å². The van der Waals surface area contributed by atoms with Crippen molar-refractivity contribution < 1.29 is 4.79 Å². The SMILES string of the molecule is CC(C)(C)CC(=O)N1CCCN(CCN)CC1. The van der Waals surface area contributed by atoms with Gasteiger partial charge in [-0.05, 0) is 18.4 Å². The fourth-order valence-corrected chi connectivity index (χ4v) is 2.19. The number of hydrogen-bond donors (Lipinski definition) is 1. The van der Waals surface area contributed by atoms with Gasteiger partial charge in [-0.3, -0.25) is 4.79 Å². The van der Waals surface area contributed by atoms with Gasteiger partial charge in [0.25, 0.3) is 0 Å². The Morgan fingerprint density at radius 1 is 1.18 bits per heavy atom. The summed E-state index contributed by atoms with van der Waals surface area (Å²) in [6, 6.07) is 0. The summed E-state index contributed by atoms with van der Waals surface area (Å²) >= 11 is 0. The van der Waals surface area contributed by atoms with Crippen molar-refractivity contribution in [3.05, 3.63) is 0 Å². The standard InChI is InChI=1S/C13H27N3O/c1-13(2,3)11-12(17)16-7-4-6-15(8-5-14)9-10-16/h4-11,14H2,1-3H3. The summed E-state index contributed by atoms with van der Waals surface area (Å²) in [5.41, 5.74) is 5.65. The van der Waals surface area contributed by atoms with Gasteiger partial charge in [-0.1, -0.05) is 20.8 Å². The van der Waals surface area contributed by atoms with E-state index in [2.05, 4.69) is 25.7 Å². The van der Waals surface area contributed by atoms with Gasteiger partial charge in [0.1, 0.15) is 0 Å². The third-order valence-electron chi connectivity index (χ3n) is 3.07. The first kappa shape index (κ1) is 14.5. The van der Waals surface area contributed by atoms with E-state index >= 15 is 0 Å². The second kappa shape index (κ2) is 6.36. The number of rotatable bonds is 3. The van der Waals surface area contributed by atoms with Gasteiger partial charge < -0.3 is 15.5 Å². The van der Waals surface area contributed by atoms with Crippen LogP contribution in [0.2, 0.25) is 0 Å². The normalized spacial score (nSPS) is 19.2. The molecule has 1 amide bonds. The molecule has 0 unspecified atom stereocenters. The van der Waals surface area contributed by atoms with Crippen LogP contribution in [0.15, 0.2) is 0 Å². The van der Waals surface area contributed by atoms with E-state index in [1.807, 2.05) is 4.90 Å². The smallest absolute Gasteiger partial charge is 0.223 e. The highest BCUT2D eigenvalue weighted by Gasteiger charge is 2.23. The minimum atomic E-state index is 0.0837. The largest absolute Gasteiger partial charge is 0.341 e. The highest BCUT2D eigenvalue weighted by atomic mass is 16.2. The monoisotopic (exact) mass is 241 g/mol. The fourth-order valence-electron chi connectivity index (χ4n) is 2.19. The van der Waals surface area contributed by atoms with Crippen molar-refractivity contribution in [3.8, 4) is 0 Å². The molecule has 0 aromatic rings. The van der Waals surface area contributed by atoms with Gasteiger partial charge in [0.2, 0.25) is 5.91 Å². The molecule has 1 fully saturated rings. The summed E-state index contributed by atoms with van der Waals surface area (Å²) in [5, 5.41) is 0. The minimum Gasteiger partial charge on any atom is -0.341 e. The number of nitrogens with two attached hydrogens (primary N) is 1. The first-order chi connectivity index (χ1) is 7.92. The van der Waals surface area contributed by atoms with Crippen LogP contribution in [0.5, 0.6) is 0 Å². The second-order valence-corrected chi connectivity index (χ2v) is 6.10. The zero-order valence-electron chi connectivity index (χ0n) is 11.5. The Hall–Kier alpha value is -0.610. The molecule has 1 rings (SSSR count). The van der Waals surface area contributed by atoms with E-state index in [0.717, 1.165) is 39.1 Å². The van der Waals surface area contributed by atoms with Crippen LogP contribution in [0.1, 0.15) is 33.6 Å². The van der Waals surface area contributed by atoms with Crippen molar-refractivity contribution in [1.82, 2.24) is 9.80 Å². The third kappa shape index (κ3) is 5.50. The summed E-state index contributed by atoms with van der Waals surface area (Å²) in [4.78, 5) is 16.5. The number of carbonyl (C=O) groups is 1. The molecule has 0 aliphatic carbocycles. The zero-order chi connectivity index (χ0) is 12.9. The van der Waals surface area contributed by atoms with E-state index in [9.17, 15) is 4.79 Å². The molecule has 0 spiro atoms. The molecule has 1 aliphatic rings. The molecule has 0 saturated carbocycles. The van der Waals surface area contributed by atoms with Crippen LogP contribution in [-0.2, 0) is 4.79 Å². The molecule has 1 heterocycles. The molecular weight excluding hydrogens is 214 g/mol. The number of hydrogen-bond acceptors (Lipinski definition) is 3. The molecule has 0 bridgehead atoms. The average Bonchev–Trinajstić information content (AvgIpc) is 2.41. The average molecular weight is 241 g/mol. The maximum atomic E-state index is 12.1. The van der Waals surface area contributed by atoms with Gasteiger partial charge in [-0.25, -0.2) is 0 Å². The van der Waals surface area contributed by atoms with Crippen molar-refractivity contribution in [2.45, 2.75) is 33.6 Å². The molecule has 1 saturated heterocycles. The van der Waals surface area contributed by atoms with Crippen LogP contribution < -0.4 is 5.73 Å². The lowest BCUT2D eigenvalue weighted by Gasteiger charge is -2.25.